The van der Waals surface area contributed by atoms with E-state index in [9.17, 15) is 9.18 Å². The number of amides is 1. The Morgan fingerprint density at radius 1 is 1.42 bits per heavy atom. The molecule has 19 heavy (non-hydrogen) atoms. The lowest BCUT2D eigenvalue weighted by Gasteiger charge is -2.40. The SMILES string of the molecule is CNCC1(NC=O)CCC(c2cccc(F)c2)CC1. The Bertz CT molecular complexity index is 428. The van der Waals surface area contributed by atoms with Crippen LogP contribution in [0.2, 0.25) is 0 Å². The van der Waals surface area contributed by atoms with Gasteiger partial charge in [0.25, 0.3) is 0 Å². The number of halogens is 1. The van der Waals surface area contributed by atoms with Crippen molar-refractivity contribution in [1.82, 2.24) is 10.6 Å². The van der Waals surface area contributed by atoms with E-state index in [0.29, 0.717) is 5.92 Å². The summed E-state index contributed by atoms with van der Waals surface area (Å²) >= 11 is 0. The monoisotopic (exact) mass is 264 g/mol. The molecule has 1 saturated carbocycles. The summed E-state index contributed by atoms with van der Waals surface area (Å²) in [6, 6.07) is 6.87. The van der Waals surface area contributed by atoms with E-state index in [2.05, 4.69) is 10.6 Å². The second kappa shape index (κ2) is 6.15. The highest BCUT2D eigenvalue weighted by Gasteiger charge is 2.34. The van der Waals surface area contributed by atoms with Crippen LogP contribution in [-0.4, -0.2) is 25.5 Å². The maximum absolute atomic E-state index is 13.2. The highest BCUT2D eigenvalue weighted by molar-refractivity contribution is 5.48. The predicted octanol–water partition coefficient (Wildman–Crippen LogP) is 2.19. The Labute approximate surface area is 113 Å². The van der Waals surface area contributed by atoms with Crippen LogP contribution in [0.15, 0.2) is 24.3 Å². The Hall–Kier alpha value is -1.42. The van der Waals surface area contributed by atoms with Gasteiger partial charge in [-0.25, -0.2) is 4.39 Å². The first kappa shape index (κ1) is 14.0. The number of benzene rings is 1. The summed E-state index contributed by atoms with van der Waals surface area (Å²) in [6.07, 6.45) is 4.60. The lowest BCUT2D eigenvalue weighted by Crippen LogP contribution is -2.53. The van der Waals surface area contributed by atoms with Crippen molar-refractivity contribution in [3.8, 4) is 0 Å². The van der Waals surface area contributed by atoms with E-state index in [-0.39, 0.29) is 11.4 Å². The number of hydrogen-bond donors (Lipinski definition) is 2. The first-order valence-corrected chi connectivity index (χ1v) is 6.80. The van der Waals surface area contributed by atoms with Crippen molar-refractivity contribution >= 4 is 6.41 Å². The largest absolute Gasteiger partial charge is 0.352 e. The average molecular weight is 264 g/mol. The second-order valence-electron chi connectivity index (χ2n) is 5.40. The molecule has 2 N–H and O–H groups in total. The molecule has 104 valence electrons. The van der Waals surface area contributed by atoms with E-state index in [1.54, 1.807) is 12.1 Å². The van der Waals surface area contributed by atoms with Crippen molar-refractivity contribution < 1.29 is 9.18 Å². The standard InChI is InChI=1S/C15H21FN2O/c1-17-10-15(18-11-19)7-5-12(6-8-15)13-3-2-4-14(16)9-13/h2-4,9,11-12,17H,5-8,10H2,1H3,(H,18,19). The highest BCUT2D eigenvalue weighted by atomic mass is 19.1. The summed E-state index contributed by atoms with van der Waals surface area (Å²) in [5.41, 5.74) is 0.935. The van der Waals surface area contributed by atoms with Gasteiger partial charge in [0, 0.05) is 6.54 Å². The molecule has 3 nitrogen and oxygen atoms in total. The summed E-state index contributed by atoms with van der Waals surface area (Å²) in [7, 11) is 1.90. The zero-order valence-corrected chi connectivity index (χ0v) is 11.3. The molecular weight excluding hydrogens is 243 g/mol. The molecule has 4 heteroatoms. The average Bonchev–Trinajstić information content (AvgIpc) is 2.40. The van der Waals surface area contributed by atoms with Crippen molar-refractivity contribution in [2.75, 3.05) is 13.6 Å². The Morgan fingerprint density at radius 2 is 2.16 bits per heavy atom. The molecule has 1 fully saturated rings. The Kier molecular flexibility index (Phi) is 4.53. The van der Waals surface area contributed by atoms with E-state index in [1.165, 1.54) is 6.07 Å². The molecule has 1 aliphatic rings. The molecule has 0 aliphatic heterocycles. The molecule has 0 saturated heterocycles. The normalized spacial score (nSPS) is 26.9. The molecule has 2 rings (SSSR count). The van der Waals surface area contributed by atoms with Gasteiger partial charge in [-0.1, -0.05) is 12.1 Å². The van der Waals surface area contributed by atoms with Crippen LogP contribution in [0.3, 0.4) is 0 Å². The van der Waals surface area contributed by atoms with Crippen LogP contribution in [0.5, 0.6) is 0 Å². The maximum atomic E-state index is 13.2. The Morgan fingerprint density at radius 3 is 2.74 bits per heavy atom. The van der Waals surface area contributed by atoms with Gasteiger partial charge in [0.2, 0.25) is 6.41 Å². The summed E-state index contributed by atoms with van der Waals surface area (Å²) in [5, 5.41) is 6.11. The third kappa shape index (κ3) is 3.32. The van der Waals surface area contributed by atoms with Crippen molar-refractivity contribution in [3.05, 3.63) is 35.6 Å². The molecule has 1 amide bonds. The molecule has 0 bridgehead atoms. The van der Waals surface area contributed by atoms with Gasteiger partial charge in [0.15, 0.2) is 0 Å². The minimum atomic E-state index is -0.171. The molecule has 1 aromatic carbocycles. The molecular formula is C15H21FN2O. The number of nitrogens with one attached hydrogen (secondary N) is 2. The van der Waals surface area contributed by atoms with Gasteiger partial charge in [-0.15, -0.1) is 0 Å². The van der Waals surface area contributed by atoms with Gasteiger partial charge < -0.3 is 10.6 Å². The van der Waals surface area contributed by atoms with E-state index < -0.39 is 0 Å². The minimum absolute atomic E-state index is 0.139. The molecule has 1 aromatic rings. The fourth-order valence-corrected chi connectivity index (χ4v) is 3.10. The molecule has 0 atom stereocenters. The van der Waals surface area contributed by atoms with Crippen LogP contribution in [0, 0.1) is 5.82 Å². The molecule has 0 spiro atoms. The van der Waals surface area contributed by atoms with Crippen LogP contribution in [0.4, 0.5) is 4.39 Å². The van der Waals surface area contributed by atoms with Gasteiger partial charge >= 0.3 is 0 Å². The second-order valence-corrected chi connectivity index (χ2v) is 5.40. The lowest BCUT2D eigenvalue weighted by atomic mass is 9.74. The fourth-order valence-electron chi connectivity index (χ4n) is 3.10. The van der Waals surface area contributed by atoms with Crippen molar-refractivity contribution in [2.24, 2.45) is 0 Å². The van der Waals surface area contributed by atoms with Gasteiger partial charge in [-0.3, -0.25) is 4.79 Å². The van der Waals surface area contributed by atoms with Gasteiger partial charge in [0.1, 0.15) is 5.82 Å². The summed E-state index contributed by atoms with van der Waals surface area (Å²) in [6.45, 7) is 0.779. The topological polar surface area (TPSA) is 41.1 Å². The molecule has 0 aromatic heterocycles. The van der Waals surface area contributed by atoms with E-state index in [1.807, 2.05) is 13.1 Å². The number of carbonyl (C=O) groups is 1. The van der Waals surface area contributed by atoms with E-state index >= 15 is 0 Å². The van der Waals surface area contributed by atoms with Crippen LogP contribution < -0.4 is 10.6 Å². The first-order valence-electron chi connectivity index (χ1n) is 6.80. The smallest absolute Gasteiger partial charge is 0.207 e. The highest BCUT2D eigenvalue weighted by Crippen LogP contribution is 2.37. The van der Waals surface area contributed by atoms with Crippen molar-refractivity contribution in [1.29, 1.82) is 0 Å². The van der Waals surface area contributed by atoms with Crippen molar-refractivity contribution in [2.45, 2.75) is 37.1 Å². The van der Waals surface area contributed by atoms with Crippen molar-refractivity contribution in [3.63, 3.8) is 0 Å². The minimum Gasteiger partial charge on any atom is -0.352 e. The predicted molar refractivity (Wildman–Crippen MR) is 73.5 cm³/mol. The van der Waals surface area contributed by atoms with E-state index in [0.717, 1.165) is 44.2 Å². The van der Waals surface area contributed by atoms with Crippen LogP contribution in [-0.2, 0) is 4.79 Å². The Balaban J connectivity index is 2.03. The van der Waals surface area contributed by atoms with Gasteiger partial charge in [-0.2, -0.15) is 0 Å². The molecule has 0 heterocycles. The lowest BCUT2D eigenvalue weighted by molar-refractivity contribution is -0.111. The third-order valence-electron chi connectivity index (χ3n) is 4.14. The zero-order valence-electron chi connectivity index (χ0n) is 11.3. The number of carbonyl (C=O) groups excluding carboxylic acids is 1. The number of rotatable bonds is 5. The quantitative estimate of drug-likeness (QED) is 0.800. The van der Waals surface area contributed by atoms with Gasteiger partial charge in [-0.05, 0) is 56.3 Å². The fraction of sp³-hybridized carbons (Fsp3) is 0.533. The van der Waals surface area contributed by atoms with Gasteiger partial charge in [0.05, 0.1) is 5.54 Å². The van der Waals surface area contributed by atoms with E-state index in [4.69, 9.17) is 0 Å². The summed E-state index contributed by atoms with van der Waals surface area (Å²) in [4.78, 5) is 10.8. The third-order valence-corrected chi connectivity index (χ3v) is 4.14. The van der Waals surface area contributed by atoms with Crippen LogP contribution in [0.25, 0.3) is 0 Å². The number of likely N-dealkylation sites (N-methyl/N-ethyl adjacent to an activating group) is 1. The first-order chi connectivity index (χ1) is 9.19. The zero-order chi connectivity index (χ0) is 13.7. The maximum Gasteiger partial charge on any atom is 0.207 e. The molecule has 0 radical (unpaired) electrons. The number of hydrogen-bond acceptors (Lipinski definition) is 2. The van der Waals surface area contributed by atoms with Crippen LogP contribution >= 0.6 is 0 Å². The summed E-state index contributed by atoms with van der Waals surface area (Å²) < 4.78 is 13.2. The van der Waals surface area contributed by atoms with Crippen LogP contribution in [0.1, 0.15) is 37.2 Å². The molecule has 1 aliphatic carbocycles. The summed E-state index contributed by atoms with van der Waals surface area (Å²) in [5.74, 6) is 0.227. The molecule has 0 unspecified atom stereocenters.